The van der Waals surface area contributed by atoms with Crippen LogP contribution in [0.25, 0.3) is 5.65 Å². The van der Waals surface area contributed by atoms with Crippen molar-refractivity contribution in [3.05, 3.63) is 58.5 Å². The topological polar surface area (TPSA) is 126 Å². The monoisotopic (exact) mass is 483 g/mol. The second-order valence-corrected chi connectivity index (χ2v) is 11.3. The number of nitrogens with one attached hydrogen (secondary N) is 2. The number of sulfonamides is 1. The summed E-state index contributed by atoms with van der Waals surface area (Å²) >= 11 is 0. The molecule has 10 heteroatoms. The molecule has 0 amide bonds. The van der Waals surface area contributed by atoms with Crippen LogP contribution in [-0.4, -0.2) is 46.9 Å². The molecule has 2 unspecified atom stereocenters. The Morgan fingerprint density at radius 1 is 1.24 bits per heavy atom. The number of carboxylic acids is 1. The molecule has 3 heterocycles. The number of aryl methyl sites for hydroxylation is 1. The molecule has 2 aromatic heterocycles. The predicted molar refractivity (Wildman–Crippen MR) is 129 cm³/mol. The highest BCUT2D eigenvalue weighted by Gasteiger charge is 2.40. The Balaban J connectivity index is 1.33. The van der Waals surface area contributed by atoms with Crippen LogP contribution in [0.4, 0.5) is 5.69 Å². The molecule has 5 rings (SSSR count). The van der Waals surface area contributed by atoms with Gasteiger partial charge in [0.2, 0.25) is 10.0 Å². The van der Waals surface area contributed by atoms with Crippen molar-refractivity contribution in [3.63, 3.8) is 0 Å². The lowest BCUT2D eigenvalue weighted by atomic mass is 10.0. The number of nitrogens with zero attached hydrogens (tertiary/aromatic N) is 3. The van der Waals surface area contributed by atoms with Crippen LogP contribution in [0.2, 0.25) is 0 Å². The molecular formula is C24H29N5O4S. The zero-order chi connectivity index (χ0) is 24.0. The molecule has 1 saturated heterocycles. The van der Waals surface area contributed by atoms with Gasteiger partial charge in [0, 0.05) is 23.4 Å². The van der Waals surface area contributed by atoms with E-state index in [0.717, 1.165) is 53.9 Å². The van der Waals surface area contributed by atoms with Crippen LogP contribution in [0.15, 0.2) is 30.3 Å². The molecule has 1 aromatic carbocycles. The van der Waals surface area contributed by atoms with Crippen molar-refractivity contribution < 1.29 is 18.3 Å². The average Bonchev–Trinajstić information content (AvgIpc) is 3.40. The lowest BCUT2D eigenvalue weighted by Gasteiger charge is -2.21. The van der Waals surface area contributed by atoms with Gasteiger partial charge >= 0.3 is 5.97 Å². The van der Waals surface area contributed by atoms with Gasteiger partial charge in [-0.1, -0.05) is 12.5 Å². The molecule has 0 radical (unpaired) electrons. The molecule has 0 spiro atoms. The molecule has 3 atom stereocenters. The van der Waals surface area contributed by atoms with E-state index in [2.05, 4.69) is 22.2 Å². The summed E-state index contributed by atoms with van der Waals surface area (Å²) in [4.78, 5) is 16.6. The second kappa shape index (κ2) is 8.66. The average molecular weight is 484 g/mol. The van der Waals surface area contributed by atoms with Gasteiger partial charge in [0.1, 0.15) is 0 Å². The van der Waals surface area contributed by atoms with Crippen molar-refractivity contribution in [1.29, 1.82) is 0 Å². The Labute approximate surface area is 198 Å². The molecular weight excluding hydrogens is 454 g/mol. The highest BCUT2D eigenvalue weighted by atomic mass is 32.2. The first-order valence-electron chi connectivity index (χ1n) is 11.6. The number of rotatable bonds is 7. The van der Waals surface area contributed by atoms with Crippen LogP contribution in [0.1, 0.15) is 70.6 Å². The Hall–Kier alpha value is -2.98. The van der Waals surface area contributed by atoms with Gasteiger partial charge in [-0.15, -0.1) is 0 Å². The van der Waals surface area contributed by atoms with Gasteiger partial charge in [-0.05, 0) is 68.8 Å². The van der Waals surface area contributed by atoms with Crippen LogP contribution in [-0.2, 0) is 16.4 Å². The maximum absolute atomic E-state index is 11.7. The van der Waals surface area contributed by atoms with E-state index in [9.17, 15) is 18.3 Å². The first kappa shape index (κ1) is 22.8. The Bertz CT molecular complexity index is 1360. The van der Waals surface area contributed by atoms with Crippen LogP contribution in [0.5, 0.6) is 0 Å². The third-order valence-electron chi connectivity index (χ3n) is 6.72. The minimum absolute atomic E-state index is 0.0429. The second-order valence-electron chi connectivity index (χ2n) is 9.53. The smallest absolute Gasteiger partial charge is 0.337 e. The maximum atomic E-state index is 11.7. The number of aromatic carboxylic acids is 1. The summed E-state index contributed by atoms with van der Waals surface area (Å²) in [5.41, 5.74) is 4.92. The number of carbonyl (C=O) groups is 1. The SMILES string of the molecule is Cc1cc(C2CC2Cc2ccc(NS(C)(=O)=O)c(C(=O)O)c2)nc2cc([C@@H]3CCCCN3)nn12. The van der Waals surface area contributed by atoms with Gasteiger partial charge in [-0.25, -0.2) is 22.7 Å². The third-order valence-corrected chi connectivity index (χ3v) is 7.31. The minimum Gasteiger partial charge on any atom is -0.478 e. The Kier molecular flexibility index (Phi) is 5.81. The van der Waals surface area contributed by atoms with Crippen molar-refractivity contribution in [2.24, 2.45) is 5.92 Å². The van der Waals surface area contributed by atoms with E-state index >= 15 is 0 Å². The molecule has 1 aliphatic carbocycles. The number of anilines is 1. The molecule has 3 aromatic rings. The van der Waals surface area contributed by atoms with E-state index in [1.807, 2.05) is 11.4 Å². The highest BCUT2D eigenvalue weighted by Crippen LogP contribution is 2.49. The van der Waals surface area contributed by atoms with Crippen molar-refractivity contribution >= 4 is 27.3 Å². The molecule has 2 fully saturated rings. The van der Waals surface area contributed by atoms with E-state index < -0.39 is 16.0 Å². The van der Waals surface area contributed by atoms with Gasteiger partial charge in [-0.3, -0.25) is 4.72 Å². The molecule has 0 bridgehead atoms. The van der Waals surface area contributed by atoms with E-state index in [0.29, 0.717) is 18.3 Å². The highest BCUT2D eigenvalue weighted by molar-refractivity contribution is 7.92. The fraction of sp³-hybridized carbons (Fsp3) is 0.458. The van der Waals surface area contributed by atoms with Crippen molar-refractivity contribution in [2.45, 2.75) is 51.0 Å². The lowest BCUT2D eigenvalue weighted by Crippen LogP contribution is -2.27. The van der Waals surface area contributed by atoms with E-state index in [4.69, 9.17) is 10.1 Å². The van der Waals surface area contributed by atoms with Crippen LogP contribution in [0, 0.1) is 12.8 Å². The lowest BCUT2D eigenvalue weighted by molar-refractivity contribution is 0.0698. The van der Waals surface area contributed by atoms with Crippen LogP contribution in [0.3, 0.4) is 0 Å². The summed E-state index contributed by atoms with van der Waals surface area (Å²) in [6.45, 7) is 3.07. The molecule has 3 N–H and O–H groups in total. The van der Waals surface area contributed by atoms with Crippen molar-refractivity contribution in [1.82, 2.24) is 19.9 Å². The van der Waals surface area contributed by atoms with Crippen LogP contribution >= 0.6 is 0 Å². The Morgan fingerprint density at radius 3 is 2.76 bits per heavy atom. The minimum atomic E-state index is -3.56. The number of carboxylic acid groups (broad SMARTS) is 1. The number of piperidine rings is 1. The number of fused-ring (bicyclic) bond motifs is 1. The molecule has 2 aliphatic rings. The molecule has 34 heavy (non-hydrogen) atoms. The predicted octanol–water partition coefficient (Wildman–Crippen LogP) is 3.27. The number of hydrogen-bond acceptors (Lipinski definition) is 6. The largest absolute Gasteiger partial charge is 0.478 e. The number of aromatic nitrogens is 3. The molecule has 1 aliphatic heterocycles. The summed E-state index contributed by atoms with van der Waals surface area (Å²) in [6, 6.07) is 9.36. The van der Waals surface area contributed by atoms with E-state index in [1.54, 1.807) is 12.1 Å². The summed E-state index contributed by atoms with van der Waals surface area (Å²) in [7, 11) is -3.56. The zero-order valence-electron chi connectivity index (χ0n) is 19.3. The number of hydrogen-bond donors (Lipinski definition) is 3. The van der Waals surface area contributed by atoms with Crippen molar-refractivity contribution in [2.75, 3.05) is 17.5 Å². The standard InChI is InChI=1S/C24H29N5O4S/c1-14-9-21(26-23-13-22(27-29(14)23)20-5-3-4-8-25-20)17-12-16(17)10-15-6-7-19(28-34(2,32)33)18(11-15)24(30)31/h6-7,9,11,13,16-17,20,25,28H,3-5,8,10,12H2,1-2H3,(H,30,31)/t16?,17?,20-/m0/s1. The summed E-state index contributed by atoms with van der Waals surface area (Å²) in [5, 5.41) is 17.9. The first-order chi connectivity index (χ1) is 16.2. The summed E-state index contributed by atoms with van der Waals surface area (Å²) in [5.74, 6) is -0.476. The van der Waals surface area contributed by atoms with Crippen molar-refractivity contribution in [3.8, 4) is 0 Å². The summed E-state index contributed by atoms with van der Waals surface area (Å²) in [6.07, 6.45) is 6.22. The van der Waals surface area contributed by atoms with Gasteiger partial charge < -0.3 is 10.4 Å². The van der Waals surface area contributed by atoms with E-state index in [1.165, 1.54) is 18.9 Å². The van der Waals surface area contributed by atoms with Crippen LogP contribution < -0.4 is 10.0 Å². The van der Waals surface area contributed by atoms with Gasteiger partial charge in [-0.2, -0.15) is 5.10 Å². The third kappa shape index (κ3) is 4.78. The van der Waals surface area contributed by atoms with Gasteiger partial charge in [0.25, 0.3) is 0 Å². The molecule has 9 nitrogen and oxygen atoms in total. The Morgan fingerprint density at radius 2 is 2.06 bits per heavy atom. The number of benzene rings is 1. The fourth-order valence-corrected chi connectivity index (χ4v) is 5.53. The first-order valence-corrected chi connectivity index (χ1v) is 13.5. The van der Waals surface area contributed by atoms with Gasteiger partial charge in [0.15, 0.2) is 5.65 Å². The van der Waals surface area contributed by atoms with Gasteiger partial charge in [0.05, 0.1) is 29.2 Å². The normalized spacial score (nSPS) is 22.6. The fourth-order valence-electron chi connectivity index (χ4n) is 4.95. The maximum Gasteiger partial charge on any atom is 0.337 e. The quantitative estimate of drug-likeness (QED) is 0.471. The molecule has 1 saturated carbocycles. The summed E-state index contributed by atoms with van der Waals surface area (Å²) < 4.78 is 27.3. The zero-order valence-corrected chi connectivity index (χ0v) is 20.1. The molecule has 180 valence electrons. The van der Waals surface area contributed by atoms with E-state index in [-0.39, 0.29) is 17.3 Å².